The van der Waals surface area contributed by atoms with Gasteiger partial charge in [0.25, 0.3) is 5.91 Å². The number of nitrogens with zero attached hydrogens (tertiary/aromatic N) is 4. The van der Waals surface area contributed by atoms with Gasteiger partial charge in [0.2, 0.25) is 0 Å². The molecular weight excluding hydrogens is 362 g/mol. The largest absolute Gasteiger partial charge is 0.342 e. The van der Waals surface area contributed by atoms with Crippen LogP contribution in [-0.2, 0) is 7.05 Å². The van der Waals surface area contributed by atoms with Gasteiger partial charge in [0, 0.05) is 54.5 Å². The van der Waals surface area contributed by atoms with Crippen LogP contribution in [0, 0.1) is 6.92 Å². The molecule has 1 aliphatic rings. The van der Waals surface area contributed by atoms with E-state index in [0.29, 0.717) is 12.1 Å². The van der Waals surface area contributed by atoms with Gasteiger partial charge in [0.1, 0.15) is 11.3 Å². The van der Waals surface area contributed by atoms with E-state index in [1.165, 1.54) is 10.9 Å². The maximum atomic E-state index is 13.0. The predicted molar refractivity (Wildman–Crippen MR) is 115 cm³/mol. The van der Waals surface area contributed by atoms with Gasteiger partial charge in [0.15, 0.2) is 0 Å². The summed E-state index contributed by atoms with van der Waals surface area (Å²) in [6.45, 7) is 3.46. The number of amides is 1. The van der Waals surface area contributed by atoms with Crippen molar-refractivity contribution in [3.63, 3.8) is 0 Å². The van der Waals surface area contributed by atoms with E-state index in [1.807, 2.05) is 39.8 Å². The molecule has 1 fully saturated rings. The van der Waals surface area contributed by atoms with Crippen LogP contribution in [0.3, 0.4) is 0 Å². The number of carbonyl (C=O) groups is 1. The lowest BCUT2D eigenvalue weighted by atomic mass is 10.1. The van der Waals surface area contributed by atoms with Gasteiger partial charge in [-0.1, -0.05) is 18.2 Å². The van der Waals surface area contributed by atoms with Crippen molar-refractivity contribution in [2.45, 2.75) is 25.8 Å². The maximum Gasteiger partial charge on any atom is 0.254 e. The molecule has 0 saturated carbocycles. The number of carbonyl (C=O) groups excluding carboxylic acids is 1. The Bertz CT molecular complexity index is 1240. The Balaban J connectivity index is 1.56. The van der Waals surface area contributed by atoms with Gasteiger partial charge in [0.05, 0.1) is 5.69 Å². The summed E-state index contributed by atoms with van der Waals surface area (Å²) in [7, 11) is 2.07. The van der Waals surface area contributed by atoms with Crippen molar-refractivity contribution in [2.75, 3.05) is 13.1 Å². The van der Waals surface area contributed by atoms with Gasteiger partial charge >= 0.3 is 0 Å². The van der Waals surface area contributed by atoms with Crippen molar-refractivity contribution >= 4 is 22.5 Å². The van der Waals surface area contributed by atoms with Crippen molar-refractivity contribution in [1.29, 1.82) is 0 Å². The summed E-state index contributed by atoms with van der Waals surface area (Å²) in [5.41, 5.74) is 11.8. The zero-order valence-corrected chi connectivity index (χ0v) is 16.8. The first-order valence-electron chi connectivity index (χ1n) is 10.1. The van der Waals surface area contributed by atoms with Crippen molar-refractivity contribution in [3.05, 3.63) is 59.9 Å². The SMILES string of the molecule is Cc1c(-c2cc3ccccc3n2C)nc2cc(C(=O)N3CCCC(N)C3)ccn12. The van der Waals surface area contributed by atoms with Crippen molar-refractivity contribution in [1.82, 2.24) is 18.9 Å². The Morgan fingerprint density at radius 1 is 1.21 bits per heavy atom. The fraction of sp³-hybridized carbons (Fsp3) is 0.304. The van der Waals surface area contributed by atoms with Crippen LogP contribution in [0.2, 0.25) is 0 Å². The van der Waals surface area contributed by atoms with E-state index in [2.05, 4.69) is 36.7 Å². The highest BCUT2D eigenvalue weighted by Gasteiger charge is 2.23. The third kappa shape index (κ3) is 2.91. The minimum absolute atomic E-state index is 0.0365. The van der Waals surface area contributed by atoms with E-state index >= 15 is 0 Å². The molecule has 0 aliphatic carbocycles. The minimum Gasteiger partial charge on any atom is -0.342 e. The lowest BCUT2D eigenvalue weighted by molar-refractivity contribution is 0.0709. The van der Waals surface area contributed by atoms with Crippen molar-refractivity contribution < 1.29 is 4.79 Å². The molecule has 4 heterocycles. The normalized spacial score (nSPS) is 17.3. The molecule has 1 aliphatic heterocycles. The monoisotopic (exact) mass is 387 g/mol. The fourth-order valence-corrected chi connectivity index (χ4v) is 4.44. The van der Waals surface area contributed by atoms with Crippen LogP contribution in [0.15, 0.2) is 48.7 Å². The van der Waals surface area contributed by atoms with Gasteiger partial charge in [-0.2, -0.15) is 0 Å². The van der Waals surface area contributed by atoms with E-state index in [0.717, 1.165) is 42.1 Å². The van der Waals surface area contributed by atoms with Crippen LogP contribution >= 0.6 is 0 Å². The van der Waals surface area contributed by atoms with E-state index in [4.69, 9.17) is 10.7 Å². The van der Waals surface area contributed by atoms with Crippen LogP contribution in [0.5, 0.6) is 0 Å². The smallest absolute Gasteiger partial charge is 0.254 e. The first-order chi connectivity index (χ1) is 14.0. The molecule has 6 heteroatoms. The average molecular weight is 387 g/mol. The topological polar surface area (TPSA) is 68.6 Å². The number of benzene rings is 1. The molecule has 1 atom stereocenters. The number of para-hydroxylation sites is 1. The van der Waals surface area contributed by atoms with Gasteiger partial charge in [-0.3, -0.25) is 4.79 Å². The number of hydrogen-bond acceptors (Lipinski definition) is 3. The summed E-state index contributed by atoms with van der Waals surface area (Å²) in [6, 6.07) is 14.3. The molecule has 1 amide bonds. The lowest BCUT2D eigenvalue weighted by Gasteiger charge is -2.30. The number of nitrogens with two attached hydrogens (primary N) is 1. The van der Waals surface area contributed by atoms with Gasteiger partial charge in [-0.05, 0) is 44.0 Å². The molecule has 0 radical (unpaired) electrons. The first-order valence-corrected chi connectivity index (χ1v) is 10.1. The zero-order valence-electron chi connectivity index (χ0n) is 16.8. The first kappa shape index (κ1) is 17.9. The maximum absolute atomic E-state index is 13.0. The van der Waals surface area contributed by atoms with Crippen LogP contribution in [0.1, 0.15) is 28.9 Å². The zero-order chi connectivity index (χ0) is 20.1. The Labute approximate surface area is 169 Å². The molecule has 1 aromatic carbocycles. The van der Waals surface area contributed by atoms with E-state index < -0.39 is 0 Å². The average Bonchev–Trinajstić information content (AvgIpc) is 3.24. The van der Waals surface area contributed by atoms with Crippen molar-refractivity contribution in [3.8, 4) is 11.4 Å². The molecular formula is C23H25N5O. The number of piperidine rings is 1. The lowest BCUT2D eigenvalue weighted by Crippen LogP contribution is -2.45. The Morgan fingerprint density at radius 3 is 2.83 bits per heavy atom. The Kier molecular flexibility index (Phi) is 4.17. The molecule has 0 spiro atoms. The van der Waals surface area contributed by atoms with Crippen LogP contribution in [0.25, 0.3) is 27.9 Å². The summed E-state index contributed by atoms with van der Waals surface area (Å²) in [6.07, 6.45) is 3.89. The molecule has 1 unspecified atom stereocenters. The van der Waals surface area contributed by atoms with Gasteiger partial charge in [-0.25, -0.2) is 4.98 Å². The summed E-state index contributed by atoms with van der Waals surface area (Å²) < 4.78 is 4.22. The molecule has 0 bridgehead atoms. The second-order valence-corrected chi connectivity index (χ2v) is 7.99. The van der Waals surface area contributed by atoms with E-state index in [1.54, 1.807) is 0 Å². The van der Waals surface area contributed by atoms with E-state index in [9.17, 15) is 4.79 Å². The predicted octanol–water partition coefficient (Wildman–Crippen LogP) is 3.36. The minimum atomic E-state index is 0.0365. The highest BCUT2D eigenvalue weighted by Crippen LogP contribution is 2.29. The number of likely N-dealkylation sites (tertiary alicyclic amines) is 1. The van der Waals surface area contributed by atoms with Crippen LogP contribution < -0.4 is 5.73 Å². The van der Waals surface area contributed by atoms with Gasteiger partial charge < -0.3 is 19.6 Å². The van der Waals surface area contributed by atoms with Gasteiger partial charge in [-0.15, -0.1) is 0 Å². The standard InChI is InChI=1S/C23H25N5O/c1-15-22(20-12-16-6-3-4-8-19(16)26(20)2)25-21-13-17(9-11-28(15)21)23(29)27-10-5-7-18(24)14-27/h3-4,6,8-9,11-13,18H,5,7,10,14,24H2,1-2H3. The number of aryl methyl sites for hydroxylation is 2. The second-order valence-electron chi connectivity index (χ2n) is 7.99. The molecule has 1 saturated heterocycles. The summed E-state index contributed by atoms with van der Waals surface area (Å²) in [5, 5.41) is 1.19. The molecule has 2 N–H and O–H groups in total. The summed E-state index contributed by atoms with van der Waals surface area (Å²) >= 11 is 0. The quantitative estimate of drug-likeness (QED) is 0.573. The summed E-state index contributed by atoms with van der Waals surface area (Å²) in [4.78, 5) is 19.7. The Morgan fingerprint density at radius 2 is 2.03 bits per heavy atom. The molecule has 6 nitrogen and oxygen atoms in total. The molecule has 29 heavy (non-hydrogen) atoms. The van der Waals surface area contributed by atoms with Crippen LogP contribution in [0.4, 0.5) is 0 Å². The fourth-order valence-electron chi connectivity index (χ4n) is 4.44. The number of pyridine rings is 1. The summed E-state index contributed by atoms with van der Waals surface area (Å²) in [5.74, 6) is 0.0365. The highest BCUT2D eigenvalue weighted by atomic mass is 16.2. The number of aromatic nitrogens is 3. The third-order valence-corrected chi connectivity index (χ3v) is 6.05. The molecule has 4 aromatic rings. The number of hydrogen-bond donors (Lipinski definition) is 1. The van der Waals surface area contributed by atoms with Crippen molar-refractivity contribution in [2.24, 2.45) is 12.8 Å². The van der Waals surface area contributed by atoms with E-state index in [-0.39, 0.29) is 11.9 Å². The number of imidazole rings is 1. The Hall–Kier alpha value is -3.12. The van der Waals surface area contributed by atoms with Crippen LogP contribution in [-0.4, -0.2) is 43.9 Å². The molecule has 3 aromatic heterocycles. The molecule has 5 rings (SSSR count). The second kappa shape index (κ2) is 6.74. The molecule has 148 valence electrons. The third-order valence-electron chi connectivity index (χ3n) is 6.05. The number of rotatable bonds is 2. The number of fused-ring (bicyclic) bond motifs is 2. The highest BCUT2D eigenvalue weighted by molar-refractivity contribution is 5.95.